The normalized spacial score (nSPS) is 39.6. The molecule has 3 heteroatoms. The van der Waals surface area contributed by atoms with Crippen LogP contribution in [0.4, 0.5) is 0 Å². The van der Waals surface area contributed by atoms with Crippen molar-refractivity contribution in [3.05, 3.63) is 0 Å². The molecule has 1 aliphatic carbocycles. The third-order valence-electron chi connectivity index (χ3n) is 6.02. The zero-order valence-electron chi connectivity index (χ0n) is 14.1. The molecule has 0 radical (unpaired) electrons. The lowest BCUT2D eigenvalue weighted by molar-refractivity contribution is 0.0549. The highest BCUT2D eigenvalue weighted by molar-refractivity contribution is 5.01. The van der Waals surface area contributed by atoms with Crippen molar-refractivity contribution in [3.63, 3.8) is 0 Å². The van der Waals surface area contributed by atoms with Crippen LogP contribution in [0.25, 0.3) is 0 Å². The summed E-state index contributed by atoms with van der Waals surface area (Å²) in [5.74, 6) is 1.73. The maximum atomic E-state index is 6.25. The van der Waals surface area contributed by atoms with Crippen molar-refractivity contribution in [3.8, 4) is 0 Å². The summed E-state index contributed by atoms with van der Waals surface area (Å²) < 4.78 is 0. The zero-order valence-corrected chi connectivity index (χ0v) is 14.1. The summed E-state index contributed by atoms with van der Waals surface area (Å²) in [7, 11) is 4.44. The highest BCUT2D eigenvalue weighted by atomic mass is 15.3. The second-order valence-electron chi connectivity index (χ2n) is 7.57. The molecule has 3 nitrogen and oxygen atoms in total. The van der Waals surface area contributed by atoms with E-state index in [-0.39, 0.29) is 0 Å². The van der Waals surface area contributed by atoms with Crippen molar-refractivity contribution in [2.75, 3.05) is 33.7 Å². The van der Waals surface area contributed by atoms with Crippen molar-refractivity contribution in [1.29, 1.82) is 0 Å². The summed E-state index contributed by atoms with van der Waals surface area (Å²) in [4.78, 5) is 5.14. The van der Waals surface area contributed by atoms with E-state index in [4.69, 9.17) is 5.73 Å². The Balaban J connectivity index is 1.99. The number of hydrogen-bond acceptors (Lipinski definition) is 3. The Morgan fingerprint density at radius 3 is 2.30 bits per heavy atom. The predicted molar refractivity (Wildman–Crippen MR) is 86.9 cm³/mol. The average molecular weight is 281 g/mol. The standard InChI is InChI=1S/C17H35N3/c1-5-6-15-7-9-17(13-18,10-8-15)20-11-14(2)16(12-20)19(3)4/h14-16H,5-13,18H2,1-4H3. The molecule has 1 aliphatic heterocycles. The van der Waals surface area contributed by atoms with E-state index in [9.17, 15) is 0 Å². The maximum absolute atomic E-state index is 6.25. The lowest BCUT2D eigenvalue weighted by atomic mass is 9.74. The van der Waals surface area contributed by atoms with Crippen LogP contribution in [0.15, 0.2) is 0 Å². The van der Waals surface area contributed by atoms with Crippen molar-refractivity contribution in [1.82, 2.24) is 9.80 Å². The SMILES string of the molecule is CCCC1CCC(CN)(N2CC(C)C(N(C)C)C2)CC1. The highest BCUT2D eigenvalue weighted by Crippen LogP contribution is 2.40. The van der Waals surface area contributed by atoms with Gasteiger partial charge in [-0.15, -0.1) is 0 Å². The van der Waals surface area contributed by atoms with Gasteiger partial charge in [0.05, 0.1) is 0 Å². The molecule has 0 amide bonds. The van der Waals surface area contributed by atoms with Crippen molar-refractivity contribution in [2.24, 2.45) is 17.6 Å². The predicted octanol–water partition coefficient (Wildman–Crippen LogP) is 2.56. The fourth-order valence-electron chi connectivity index (χ4n) is 4.57. The smallest absolute Gasteiger partial charge is 0.0332 e. The second-order valence-corrected chi connectivity index (χ2v) is 7.57. The molecule has 0 bridgehead atoms. The van der Waals surface area contributed by atoms with E-state index < -0.39 is 0 Å². The Bertz CT molecular complexity index is 295. The van der Waals surface area contributed by atoms with Crippen LogP contribution in [0, 0.1) is 11.8 Å². The molecule has 2 rings (SSSR count). The number of nitrogens with two attached hydrogens (primary N) is 1. The van der Waals surface area contributed by atoms with Gasteiger partial charge in [0, 0.05) is 31.2 Å². The van der Waals surface area contributed by atoms with E-state index in [1.165, 1.54) is 51.6 Å². The molecule has 0 aromatic heterocycles. The number of hydrogen-bond donors (Lipinski definition) is 1. The minimum atomic E-state index is 0.309. The number of likely N-dealkylation sites (N-methyl/N-ethyl adjacent to an activating group) is 1. The quantitative estimate of drug-likeness (QED) is 0.840. The molecular formula is C17H35N3. The van der Waals surface area contributed by atoms with Gasteiger partial charge in [-0.2, -0.15) is 0 Å². The topological polar surface area (TPSA) is 32.5 Å². The third kappa shape index (κ3) is 3.20. The zero-order chi connectivity index (χ0) is 14.8. The third-order valence-corrected chi connectivity index (χ3v) is 6.02. The molecule has 118 valence electrons. The van der Waals surface area contributed by atoms with Crippen LogP contribution in [0.2, 0.25) is 0 Å². The lowest BCUT2D eigenvalue weighted by Crippen LogP contribution is -2.55. The summed E-state index contributed by atoms with van der Waals surface area (Å²) in [6.07, 6.45) is 8.17. The van der Waals surface area contributed by atoms with Crippen LogP contribution in [0.5, 0.6) is 0 Å². The van der Waals surface area contributed by atoms with Crippen molar-refractivity contribution in [2.45, 2.75) is 64.0 Å². The fourth-order valence-corrected chi connectivity index (χ4v) is 4.57. The molecule has 1 saturated heterocycles. The van der Waals surface area contributed by atoms with Crippen LogP contribution < -0.4 is 5.73 Å². The van der Waals surface area contributed by atoms with Crippen molar-refractivity contribution < 1.29 is 0 Å². The van der Waals surface area contributed by atoms with Crippen LogP contribution in [0.3, 0.4) is 0 Å². The molecule has 0 aromatic carbocycles. The Morgan fingerprint density at radius 1 is 1.20 bits per heavy atom. The molecule has 20 heavy (non-hydrogen) atoms. The van der Waals surface area contributed by atoms with Gasteiger partial charge in [-0.05, 0) is 51.6 Å². The molecule has 1 saturated carbocycles. The van der Waals surface area contributed by atoms with Crippen LogP contribution in [-0.2, 0) is 0 Å². The van der Waals surface area contributed by atoms with E-state index in [1.54, 1.807) is 0 Å². The van der Waals surface area contributed by atoms with Gasteiger partial charge < -0.3 is 10.6 Å². The fraction of sp³-hybridized carbons (Fsp3) is 1.00. The van der Waals surface area contributed by atoms with Gasteiger partial charge in [0.15, 0.2) is 0 Å². The first-order valence-corrected chi connectivity index (χ1v) is 8.64. The van der Waals surface area contributed by atoms with Crippen LogP contribution in [-0.4, -0.2) is 55.1 Å². The van der Waals surface area contributed by atoms with Gasteiger partial charge in [0.2, 0.25) is 0 Å². The van der Waals surface area contributed by atoms with Gasteiger partial charge in [-0.3, -0.25) is 4.90 Å². The summed E-state index contributed by atoms with van der Waals surface area (Å²) in [6.45, 7) is 8.01. The summed E-state index contributed by atoms with van der Waals surface area (Å²) >= 11 is 0. The first-order valence-electron chi connectivity index (χ1n) is 8.64. The molecule has 2 unspecified atom stereocenters. The van der Waals surface area contributed by atoms with Gasteiger partial charge >= 0.3 is 0 Å². The second kappa shape index (κ2) is 6.76. The van der Waals surface area contributed by atoms with E-state index >= 15 is 0 Å². The maximum Gasteiger partial charge on any atom is 0.0332 e. The van der Waals surface area contributed by atoms with Crippen LogP contribution >= 0.6 is 0 Å². The van der Waals surface area contributed by atoms with E-state index in [1.807, 2.05) is 0 Å². The van der Waals surface area contributed by atoms with E-state index in [2.05, 4.69) is 37.7 Å². The highest BCUT2D eigenvalue weighted by Gasteiger charge is 2.44. The molecule has 1 heterocycles. The number of nitrogens with zero attached hydrogens (tertiary/aromatic N) is 2. The van der Waals surface area contributed by atoms with Gasteiger partial charge in [0.25, 0.3) is 0 Å². The Labute approximate surface area is 125 Å². The molecule has 0 aromatic rings. The first-order chi connectivity index (χ1) is 9.52. The molecule has 2 aliphatic rings. The first kappa shape index (κ1) is 16.3. The van der Waals surface area contributed by atoms with E-state index in [0.717, 1.165) is 18.4 Å². The Hall–Kier alpha value is -0.120. The average Bonchev–Trinajstić information content (AvgIpc) is 2.83. The molecule has 0 spiro atoms. The molecular weight excluding hydrogens is 246 g/mol. The van der Waals surface area contributed by atoms with Crippen LogP contribution in [0.1, 0.15) is 52.4 Å². The van der Waals surface area contributed by atoms with Gasteiger partial charge in [-0.25, -0.2) is 0 Å². The minimum absolute atomic E-state index is 0.309. The summed E-state index contributed by atoms with van der Waals surface area (Å²) in [5.41, 5.74) is 6.56. The lowest BCUT2D eigenvalue weighted by Gasteiger charge is -2.46. The summed E-state index contributed by atoms with van der Waals surface area (Å²) in [5, 5.41) is 0. The van der Waals surface area contributed by atoms with Gasteiger partial charge in [-0.1, -0.05) is 26.7 Å². The Kier molecular flexibility index (Phi) is 5.49. The monoisotopic (exact) mass is 281 g/mol. The minimum Gasteiger partial charge on any atom is -0.329 e. The molecule has 2 fully saturated rings. The molecule has 2 N–H and O–H groups in total. The largest absolute Gasteiger partial charge is 0.329 e. The number of likely N-dealkylation sites (tertiary alicyclic amines) is 1. The van der Waals surface area contributed by atoms with Crippen molar-refractivity contribution >= 4 is 0 Å². The Morgan fingerprint density at radius 2 is 1.85 bits per heavy atom. The summed E-state index contributed by atoms with van der Waals surface area (Å²) in [6, 6.07) is 0.701. The van der Waals surface area contributed by atoms with Gasteiger partial charge in [0.1, 0.15) is 0 Å². The molecule has 2 atom stereocenters. The number of rotatable bonds is 5. The van der Waals surface area contributed by atoms with E-state index in [0.29, 0.717) is 11.6 Å².